The molecule has 1 aromatic heterocycles. The Morgan fingerprint density at radius 2 is 1.95 bits per heavy atom. The first-order chi connectivity index (χ1) is 9.12. The predicted octanol–water partition coefficient (Wildman–Crippen LogP) is 3.36. The van der Waals surface area contributed by atoms with Gasteiger partial charge >= 0.3 is 0 Å². The van der Waals surface area contributed by atoms with E-state index in [1.54, 1.807) is 11.3 Å². The van der Waals surface area contributed by atoms with Crippen molar-refractivity contribution < 1.29 is 0 Å². The molecule has 0 radical (unpaired) electrons. The smallest absolute Gasteiger partial charge is 0.0946 e. The number of hydrogen-bond acceptors (Lipinski definition) is 3. The molecule has 1 saturated carbocycles. The molecule has 2 nitrogen and oxygen atoms in total. The van der Waals surface area contributed by atoms with Crippen molar-refractivity contribution >= 4 is 11.3 Å². The highest BCUT2D eigenvalue weighted by molar-refractivity contribution is 7.11. The number of rotatable bonds is 4. The van der Waals surface area contributed by atoms with Crippen LogP contribution in [0, 0.1) is 13.8 Å². The van der Waals surface area contributed by atoms with E-state index < -0.39 is 0 Å². The number of nitrogens with two attached hydrogens (primary N) is 1. The molecule has 2 aromatic rings. The highest BCUT2D eigenvalue weighted by Crippen LogP contribution is 2.51. The largest absolute Gasteiger partial charge is 0.327 e. The van der Waals surface area contributed by atoms with Gasteiger partial charge < -0.3 is 5.73 Å². The van der Waals surface area contributed by atoms with Crippen molar-refractivity contribution in [2.45, 2.75) is 44.6 Å². The maximum Gasteiger partial charge on any atom is 0.0946 e. The zero-order chi connectivity index (χ0) is 13.5. The minimum Gasteiger partial charge on any atom is -0.327 e. The minimum absolute atomic E-state index is 0.180. The Labute approximate surface area is 118 Å². The molecule has 100 valence electrons. The molecule has 0 aliphatic heterocycles. The van der Waals surface area contributed by atoms with Gasteiger partial charge in [-0.25, -0.2) is 4.98 Å². The highest BCUT2D eigenvalue weighted by atomic mass is 32.1. The molecule has 1 fully saturated rings. The maximum absolute atomic E-state index is 6.50. The lowest BCUT2D eigenvalue weighted by Gasteiger charge is -2.23. The lowest BCUT2D eigenvalue weighted by Crippen LogP contribution is -2.36. The van der Waals surface area contributed by atoms with E-state index in [0.717, 1.165) is 12.1 Å². The fraction of sp³-hybridized carbons (Fsp3) is 0.438. The second-order valence-corrected chi connectivity index (χ2v) is 6.87. The van der Waals surface area contributed by atoms with Crippen LogP contribution in [0.5, 0.6) is 0 Å². The minimum atomic E-state index is 0.180. The van der Waals surface area contributed by atoms with Crippen molar-refractivity contribution in [2.75, 3.05) is 0 Å². The van der Waals surface area contributed by atoms with E-state index >= 15 is 0 Å². The van der Waals surface area contributed by atoms with Crippen molar-refractivity contribution in [3.8, 4) is 0 Å². The van der Waals surface area contributed by atoms with E-state index in [9.17, 15) is 0 Å². The van der Waals surface area contributed by atoms with Crippen LogP contribution >= 0.6 is 11.3 Å². The molecule has 1 atom stereocenters. The Morgan fingerprint density at radius 3 is 2.47 bits per heavy atom. The Kier molecular flexibility index (Phi) is 3.19. The molecule has 19 heavy (non-hydrogen) atoms. The monoisotopic (exact) mass is 272 g/mol. The summed E-state index contributed by atoms with van der Waals surface area (Å²) >= 11 is 1.79. The van der Waals surface area contributed by atoms with Crippen LogP contribution < -0.4 is 5.73 Å². The Morgan fingerprint density at radius 1 is 1.26 bits per heavy atom. The van der Waals surface area contributed by atoms with Crippen LogP contribution in [-0.4, -0.2) is 11.0 Å². The van der Waals surface area contributed by atoms with Crippen molar-refractivity contribution in [1.82, 2.24) is 4.98 Å². The van der Waals surface area contributed by atoms with E-state index in [1.807, 2.05) is 0 Å². The van der Waals surface area contributed by atoms with E-state index in [1.165, 1.54) is 28.3 Å². The second kappa shape index (κ2) is 4.73. The molecular weight excluding hydrogens is 252 g/mol. The third-order valence-electron chi connectivity index (χ3n) is 4.31. The molecule has 3 heteroatoms. The number of aryl methyl sites for hydroxylation is 2. The lowest BCUT2D eigenvalue weighted by atomic mass is 9.87. The van der Waals surface area contributed by atoms with Crippen LogP contribution in [-0.2, 0) is 11.8 Å². The molecular formula is C16H20N2S. The van der Waals surface area contributed by atoms with Gasteiger partial charge in [0, 0.05) is 22.8 Å². The van der Waals surface area contributed by atoms with Crippen LogP contribution in [0.15, 0.2) is 30.3 Å². The number of nitrogens with zero attached hydrogens (tertiary/aromatic N) is 1. The number of thiazole rings is 1. The predicted molar refractivity (Wildman–Crippen MR) is 80.6 cm³/mol. The van der Waals surface area contributed by atoms with Crippen molar-refractivity contribution in [3.63, 3.8) is 0 Å². The van der Waals surface area contributed by atoms with Crippen LogP contribution in [0.1, 0.15) is 34.0 Å². The summed E-state index contributed by atoms with van der Waals surface area (Å²) in [4.78, 5) is 5.94. The van der Waals surface area contributed by atoms with Gasteiger partial charge in [0.1, 0.15) is 0 Å². The molecule has 0 saturated heterocycles. The summed E-state index contributed by atoms with van der Waals surface area (Å²) in [5, 5.41) is 1.18. The van der Waals surface area contributed by atoms with Crippen LogP contribution in [0.2, 0.25) is 0 Å². The van der Waals surface area contributed by atoms with E-state index in [4.69, 9.17) is 5.73 Å². The quantitative estimate of drug-likeness (QED) is 0.927. The summed E-state index contributed by atoms with van der Waals surface area (Å²) in [7, 11) is 0. The van der Waals surface area contributed by atoms with Gasteiger partial charge in [-0.15, -0.1) is 11.3 Å². The molecule has 0 spiro atoms. The Bertz CT molecular complexity index is 550. The number of benzene rings is 1. The van der Waals surface area contributed by atoms with Crippen LogP contribution in [0.25, 0.3) is 0 Å². The molecule has 0 amide bonds. The van der Waals surface area contributed by atoms with E-state index in [0.29, 0.717) is 0 Å². The Hall–Kier alpha value is -1.19. The van der Waals surface area contributed by atoms with Crippen molar-refractivity contribution in [2.24, 2.45) is 5.73 Å². The molecule has 3 rings (SSSR count). The molecule has 1 aliphatic carbocycles. The van der Waals surface area contributed by atoms with Crippen LogP contribution in [0.3, 0.4) is 0 Å². The summed E-state index contributed by atoms with van der Waals surface area (Å²) in [6, 6.07) is 10.9. The van der Waals surface area contributed by atoms with Gasteiger partial charge in [-0.3, -0.25) is 0 Å². The number of hydrogen-bond donors (Lipinski definition) is 1. The first kappa shape index (κ1) is 12.8. The molecule has 1 heterocycles. The standard InChI is InChI=1S/C16H20N2S/c1-11-12(2)19-15(18-11)10-14(17)16(8-9-16)13-6-4-3-5-7-13/h3-7,14H,8-10,17H2,1-2H3. The molecule has 1 aliphatic rings. The topological polar surface area (TPSA) is 38.9 Å². The number of aromatic nitrogens is 1. The summed E-state index contributed by atoms with van der Waals surface area (Å²) in [6.45, 7) is 4.21. The second-order valence-electron chi connectivity index (χ2n) is 5.58. The molecule has 1 unspecified atom stereocenters. The summed E-state index contributed by atoms with van der Waals surface area (Å²) < 4.78 is 0. The normalized spacial score (nSPS) is 18.3. The van der Waals surface area contributed by atoms with E-state index in [-0.39, 0.29) is 11.5 Å². The van der Waals surface area contributed by atoms with Gasteiger partial charge in [0.25, 0.3) is 0 Å². The van der Waals surface area contributed by atoms with Crippen molar-refractivity contribution in [3.05, 3.63) is 51.5 Å². The zero-order valence-corrected chi connectivity index (χ0v) is 12.3. The lowest BCUT2D eigenvalue weighted by molar-refractivity contribution is 0.513. The fourth-order valence-corrected chi connectivity index (χ4v) is 3.78. The van der Waals surface area contributed by atoms with Crippen molar-refractivity contribution in [1.29, 1.82) is 0 Å². The van der Waals surface area contributed by atoms with Gasteiger partial charge in [0.05, 0.1) is 10.7 Å². The highest BCUT2D eigenvalue weighted by Gasteiger charge is 2.49. The van der Waals surface area contributed by atoms with Gasteiger partial charge in [-0.1, -0.05) is 30.3 Å². The summed E-state index contributed by atoms with van der Waals surface area (Å²) in [5.41, 5.74) is 9.25. The van der Waals surface area contributed by atoms with Gasteiger partial charge in [0.2, 0.25) is 0 Å². The molecule has 2 N–H and O–H groups in total. The molecule has 1 aromatic carbocycles. The van der Waals surface area contributed by atoms with Crippen LogP contribution in [0.4, 0.5) is 0 Å². The molecule has 0 bridgehead atoms. The Balaban J connectivity index is 1.79. The maximum atomic E-state index is 6.50. The SMILES string of the molecule is Cc1nc(CC(N)C2(c3ccccc3)CC2)sc1C. The van der Waals surface area contributed by atoms with Gasteiger partial charge in [0.15, 0.2) is 0 Å². The third-order valence-corrected chi connectivity index (χ3v) is 5.41. The zero-order valence-electron chi connectivity index (χ0n) is 11.5. The average Bonchev–Trinajstić information content (AvgIpc) is 3.15. The first-order valence-corrected chi connectivity index (χ1v) is 7.67. The summed E-state index contributed by atoms with van der Waals surface area (Å²) in [5.74, 6) is 0. The average molecular weight is 272 g/mol. The van der Waals surface area contributed by atoms with Gasteiger partial charge in [-0.05, 0) is 32.3 Å². The first-order valence-electron chi connectivity index (χ1n) is 6.86. The van der Waals surface area contributed by atoms with E-state index in [2.05, 4.69) is 49.2 Å². The third kappa shape index (κ3) is 2.33. The fourth-order valence-electron chi connectivity index (χ4n) is 2.79. The summed E-state index contributed by atoms with van der Waals surface area (Å²) in [6.07, 6.45) is 3.32. The van der Waals surface area contributed by atoms with Gasteiger partial charge in [-0.2, -0.15) is 0 Å².